The molecule has 2 N–H and O–H groups in total. The van der Waals surface area contributed by atoms with Crippen LogP contribution in [0.4, 0.5) is 0 Å². The van der Waals surface area contributed by atoms with Crippen LogP contribution in [0.15, 0.2) is 18.2 Å². The smallest absolute Gasteiger partial charge is 0.303 e. The van der Waals surface area contributed by atoms with Crippen molar-refractivity contribution in [1.82, 2.24) is 0 Å². The van der Waals surface area contributed by atoms with Crippen LogP contribution >= 0.6 is 0 Å². The van der Waals surface area contributed by atoms with Gasteiger partial charge in [-0.3, -0.25) is 4.79 Å². The topological polar surface area (TPSA) is 57.5 Å². The molecular weight excluding hydrogens is 216 g/mol. The Kier molecular flexibility index (Phi) is 3.36. The maximum absolute atomic E-state index is 10.9. The molecule has 0 radical (unpaired) electrons. The van der Waals surface area contributed by atoms with Gasteiger partial charge in [0.05, 0.1) is 6.42 Å². The third kappa shape index (κ3) is 2.99. The number of phenolic OH excluding ortho intramolecular Hbond substituents is 1. The highest BCUT2D eigenvalue weighted by Gasteiger charge is 2.33. The summed E-state index contributed by atoms with van der Waals surface area (Å²) in [6.07, 6.45) is 3.23. The molecule has 1 aromatic carbocycles. The summed E-state index contributed by atoms with van der Waals surface area (Å²) >= 11 is 0. The Morgan fingerprint density at radius 1 is 1.41 bits per heavy atom. The van der Waals surface area contributed by atoms with Gasteiger partial charge in [-0.15, -0.1) is 0 Å². The van der Waals surface area contributed by atoms with E-state index in [0.29, 0.717) is 5.92 Å². The van der Waals surface area contributed by atoms with Crippen LogP contribution in [-0.2, 0) is 11.2 Å². The van der Waals surface area contributed by atoms with Crippen LogP contribution in [-0.4, -0.2) is 16.2 Å². The lowest BCUT2D eigenvalue weighted by Crippen LogP contribution is -2.08. The molecular formula is C14H18O3. The SMILES string of the molecule is CCc1cc(O)cc(C(CC(=O)O)C2CC2)c1. The maximum atomic E-state index is 10.9. The van der Waals surface area contributed by atoms with Gasteiger partial charge in [-0.05, 0) is 54.4 Å². The minimum atomic E-state index is -0.761. The van der Waals surface area contributed by atoms with Gasteiger partial charge in [-0.2, -0.15) is 0 Å². The van der Waals surface area contributed by atoms with E-state index in [1.165, 1.54) is 0 Å². The van der Waals surface area contributed by atoms with E-state index in [1.807, 2.05) is 13.0 Å². The first-order valence-corrected chi connectivity index (χ1v) is 6.14. The molecule has 1 saturated carbocycles. The number of benzene rings is 1. The molecule has 1 aromatic rings. The van der Waals surface area contributed by atoms with Gasteiger partial charge in [0.2, 0.25) is 0 Å². The van der Waals surface area contributed by atoms with E-state index >= 15 is 0 Å². The number of aryl methyl sites for hydroxylation is 1. The Hall–Kier alpha value is -1.51. The van der Waals surface area contributed by atoms with Gasteiger partial charge >= 0.3 is 5.97 Å². The molecule has 0 saturated heterocycles. The number of rotatable bonds is 5. The second-order valence-corrected chi connectivity index (χ2v) is 4.83. The molecule has 1 unspecified atom stereocenters. The van der Waals surface area contributed by atoms with E-state index in [2.05, 4.69) is 0 Å². The molecule has 0 aromatic heterocycles. The summed E-state index contributed by atoms with van der Waals surface area (Å²) in [5, 5.41) is 18.6. The summed E-state index contributed by atoms with van der Waals surface area (Å²) in [4.78, 5) is 10.9. The van der Waals surface area contributed by atoms with E-state index in [4.69, 9.17) is 5.11 Å². The standard InChI is InChI=1S/C14H18O3/c1-2-9-5-11(7-12(15)6-9)13(8-14(16)17)10-3-4-10/h5-7,10,13,15H,2-4,8H2,1H3,(H,16,17). The van der Waals surface area contributed by atoms with E-state index in [1.54, 1.807) is 12.1 Å². The van der Waals surface area contributed by atoms with Crippen molar-refractivity contribution in [2.45, 2.75) is 38.5 Å². The maximum Gasteiger partial charge on any atom is 0.303 e. The highest BCUT2D eigenvalue weighted by Crippen LogP contribution is 2.45. The first-order chi connectivity index (χ1) is 8.10. The number of phenols is 1. The molecule has 0 spiro atoms. The summed E-state index contributed by atoms with van der Waals surface area (Å²) in [5.74, 6) is 0.0289. The quantitative estimate of drug-likeness (QED) is 0.823. The van der Waals surface area contributed by atoms with E-state index in [-0.39, 0.29) is 18.1 Å². The van der Waals surface area contributed by atoms with Gasteiger partial charge < -0.3 is 10.2 Å². The zero-order valence-corrected chi connectivity index (χ0v) is 10.0. The predicted octanol–water partition coefficient (Wildman–Crippen LogP) is 2.92. The Morgan fingerprint density at radius 3 is 2.65 bits per heavy atom. The molecule has 1 atom stereocenters. The summed E-state index contributed by atoms with van der Waals surface area (Å²) in [6.45, 7) is 2.03. The Labute approximate surface area is 101 Å². The van der Waals surface area contributed by atoms with Crippen LogP contribution < -0.4 is 0 Å². The van der Waals surface area contributed by atoms with Crippen molar-refractivity contribution in [1.29, 1.82) is 0 Å². The van der Waals surface area contributed by atoms with Crippen molar-refractivity contribution in [3.63, 3.8) is 0 Å². The molecule has 2 rings (SSSR count). The first-order valence-electron chi connectivity index (χ1n) is 6.14. The molecule has 0 aliphatic heterocycles. The zero-order chi connectivity index (χ0) is 12.4. The van der Waals surface area contributed by atoms with Crippen molar-refractivity contribution in [3.05, 3.63) is 29.3 Å². The Balaban J connectivity index is 2.28. The van der Waals surface area contributed by atoms with Gasteiger partial charge in [-0.1, -0.05) is 13.0 Å². The molecule has 3 nitrogen and oxygen atoms in total. The van der Waals surface area contributed by atoms with Crippen molar-refractivity contribution in [2.24, 2.45) is 5.92 Å². The second-order valence-electron chi connectivity index (χ2n) is 4.83. The highest BCUT2D eigenvalue weighted by molar-refractivity contribution is 5.68. The fourth-order valence-electron chi connectivity index (χ4n) is 2.36. The Bertz CT molecular complexity index is 421. The van der Waals surface area contributed by atoms with Gasteiger partial charge in [-0.25, -0.2) is 0 Å². The lowest BCUT2D eigenvalue weighted by molar-refractivity contribution is -0.137. The molecule has 1 aliphatic carbocycles. The average Bonchev–Trinajstić information content (AvgIpc) is 3.08. The van der Waals surface area contributed by atoms with Crippen molar-refractivity contribution in [2.75, 3.05) is 0 Å². The normalized spacial score (nSPS) is 16.8. The van der Waals surface area contributed by atoms with E-state index in [9.17, 15) is 9.90 Å². The molecule has 0 amide bonds. The first kappa shape index (κ1) is 12.0. The number of carbonyl (C=O) groups is 1. The number of hydrogen-bond donors (Lipinski definition) is 2. The lowest BCUT2D eigenvalue weighted by atomic mass is 9.89. The molecule has 92 valence electrons. The molecule has 0 bridgehead atoms. The second kappa shape index (κ2) is 4.78. The van der Waals surface area contributed by atoms with E-state index < -0.39 is 5.97 Å². The van der Waals surface area contributed by atoms with Crippen LogP contribution in [0.5, 0.6) is 5.75 Å². The van der Waals surface area contributed by atoms with Crippen LogP contribution in [0, 0.1) is 5.92 Å². The van der Waals surface area contributed by atoms with Crippen molar-refractivity contribution in [3.8, 4) is 5.75 Å². The predicted molar refractivity (Wildman–Crippen MR) is 65.2 cm³/mol. The summed E-state index contributed by atoms with van der Waals surface area (Å²) in [6, 6.07) is 5.49. The highest BCUT2D eigenvalue weighted by atomic mass is 16.4. The minimum absolute atomic E-state index is 0.0601. The van der Waals surface area contributed by atoms with Crippen LogP contribution in [0.2, 0.25) is 0 Å². The number of aliphatic carboxylic acids is 1. The third-order valence-electron chi connectivity index (χ3n) is 3.42. The van der Waals surface area contributed by atoms with Gasteiger partial charge in [0.15, 0.2) is 0 Å². The molecule has 0 heterocycles. The average molecular weight is 234 g/mol. The van der Waals surface area contributed by atoms with Gasteiger partial charge in [0.25, 0.3) is 0 Å². The third-order valence-corrected chi connectivity index (χ3v) is 3.42. The minimum Gasteiger partial charge on any atom is -0.508 e. The van der Waals surface area contributed by atoms with Crippen LogP contribution in [0.1, 0.15) is 43.2 Å². The fraction of sp³-hybridized carbons (Fsp3) is 0.500. The number of hydrogen-bond acceptors (Lipinski definition) is 2. The largest absolute Gasteiger partial charge is 0.508 e. The van der Waals surface area contributed by atoms with Crippen LogP contribution in [0.25, 0.3) is 0 Å². The monoisotopic (exact) mass is 234 g/mol. The molecule has 1 aliphatic rings. The zero-order valence-electron chi connectivity index (χ0n) is 10.0. The van der Waals surface area contributed by atoms with Crippen molar-refractivity contribution < 1.29 is 15.0 Å². The van der Waals surface area contributed by atoms with Gasteiger partial charge in [0.1, 0.15) is 5.75 Å². The summed E-state index contributed by atoms with van der Waals surface area (Å²) in [7, 11) is 0. The van der Waals surface area contributed by atoms with E-state index in [0.717, 1.165) is 30.4 Å². The van der Waals surface area contributed by atoms with Crippen molar-refractivity contribution >= 4 is 5.97 Å². The molecule has 17 heavy (non-hydrogen) atoms. The molecule has 1 fully saturated rings. The molecule has 3 heteroatoms. The Morgan fingerprint density at radius 2 is 2.12 bits per heavy atom. The summed E-state index contributed by atoms with van der Waals surface area (Å²) < 4.78 is 0. The number of carboxylic acid groups (broad SMARTS) is 1. The number of carboxylic acids is 1. The lowest BCUT2D eigenvalue weighted by Gasteiger charge is -2.16. The fourth-order valence-corrected chi connectivity index (χ4v) is 2.36. The number of aromatic hydroxyl groups is 1. The van der Waals surface area contributed by atoms with Gasteiger partial charge in [0, 0.05) is 0 Å². The summed E-state index contributed by atoms with van der Waals surface area (Å²) in [5.41, 5.74) is 2.04. The van der Waals surface area contributed by atoms with Crippen LogP contribution in [0.3, 0.4) is 0 Å².